The molecule has 1 atom stereocenters. The summed E-state index contributed by atoms with van der Waals surface area (Å²) < 4.78 is 0. The smallest absolute Gasteiger partial charge is 0.0732 e. The molecule has 0 spiro atoms. The average Bonchev–Trinajstić information content (AvgIpc) is 3.12. The lowest BCUT2D eigenvalue weighted by Gasteiger charge is -2.24. The van der Waals surface area contributed by atoms with Gasteiger partial charge in [0.15, 0.2) is 0 Å². The molecule has 1 aliphatic heterocycles. The van der Waals surface area contributed by atoms with Crippen LogP contribution in [-0.2, 0) is 6.42 Å². The highest BCUT2D eigenvalue weighted by atomic mass is 15.0. The standard InChI is InChI=1S/C17H16N2.3C2H6/c1-2-6-12(7-3-1)16-17-14(10-11-18-16)13-8-4-5-9-15(13)19-17;3*1-2/h1-9,16,18-19H,10-11H2;3*1-2H3. The maximum absolute atomic E-state index is 3.62. The largest absolute Gasteiger partial charge is 0.357 e. The number of hydrogen-bond donors (Lipinski definition) is 2. The van der Waals surface area contributed by atoms with E-state index >= 15 is 0 Å². The first kappa shape index (κ1) is 21.0. The Balaban J connectivity index is 0.000000475. The lowest BCUT2D eigenvalue weighted by molar-refractivity contribution is 0.560. The van der Waals surface area contributed by atoms with Crippen molar-refractivity contribution in [3.8, 4) is 0 Å². The second-order valence-corrected chi connectivity index (χ2v) is 5.11. The summed E-state index contributed by atoms with van der Waals surface area (Å²) >= 11 is 0. The number of aromatic amines is 1. The summed E-state index contributed by atoms with van der Waals surface area (Å²) in [5.74, 6) is 0. The Bertz CT molecular complexity index is 713. The molecule has 0 saturated heterocycles. The molecular formula is C23H34N2. The summed E-state index contributed by atoms with van der Waals surface area (Å²) in [6.07, 6.45) is 1.10. The highest BCUT2D eigenvalue weighted by Gasteiger charge is 2.24. The van der Waals surface area contributed by atoms with Gasteiger partial charge in [0, 0.05) is 23.1 Å². The Morgan fingerprint density at radius 2 is 1.36 bits per heavy atom. The van der Waals surface area contributed by atoms with Crippen molar-refractivity contribution in [2.24, 2.45) is 0 Å². The molecule has 0 radical (unpaired) electrons. The van der Waals surface area contributed by atoms with Crippen LogP contribution in [0.3, 0.4) is 0 Å². The normalized spacial score (nSPS) is 14.7. The third-order valence-electron chi connectivity index (χ3n) is 3.99. The fraction of sp³-hybridized carbons (Fsp3) is 0.391. The molecule has 0 aliphatic carbocycles. The predicted molar refractivity (Wildman–Crippen MR) is 112 cm³/mol. The number of rotatable bonds is 1. The fourth-order valence-corrected chi connectivity index (χ4v) is 3.11. The molecule has 2 N–H and O–H groups in total. The quantitative estimate of drug-likeness (QED) is 0.522. The van der Waals surface area contributed by atoms with Crippen LogP contribution >= 0.6 is 0 Å². The lowest BCUT2D eigenvalue weighted by atomic mass is 9.94. The van der Waals surface area contributed by atoms with Crippen LogP contribution in [0.5, 0.6) is 0 Å². The number of aromatic nitrogens is 1. The SMILES string of the molecule is CC.CC.CC.c1ccc(C2NCCc3c2[nH]c2ccccc32)cc1. The minimum absolute atomic E-state index is 0.289. The molecular weight excluding hydrogens is 304 g/mol. The van der Waals surface area contributed by atoms with Gasteiger partial charge in [-0.05, 0) is 23.6 Å². The van der Waals surface area contributed by atoms with Crippen molar-refractivity contribution in [2.75, 3.05) is 6.54 Å². The van der Waals surface area contributed by atoms with E-state index in [4.69, 9.17) is 0 Å². The fourth-order valence-electron chi connectivity index (χ4n) is 3.11. The lowest BCUT2D eigenvalue weighted by Crippen LogP contribution is -2.30. The Labute approximate surface area is 153 Å². The van der Waals surface area contributed by atoms with Gasteiger partial charge in [-0.2, -0.15) is 0 Å². The van der Waals surface area contributed by atoms with E-state index in [2.05, 4.69) is 64.9 Å². The number of benzene rings is 2. The van der Waals surface area contributed by atoms with Crippen LogP contribution in [0.1, 0.15) is 64.4 Å². The van der Waals surface area contributed by atoms with Gasteiger partial charge >= 0.3 is 0 Å². The molecule has 2 nitrogen and oxygen atoms in total. The molecule has 1 unspecified atom stereocenters. The van der Waals surface area contributed by atoms with Crippen LogP contribution in [0.4, 0.5) is 0 Å². The summed E-state index contributed by atoms with van der Waals surface area (Å²) in [5, 5.41) is 5.00. The number of nitrogens with one attached hydrogen (secondary N) is 2. The summed E-state index contributed by atoms with van der Waals surface area (Å²) in [7, 11) is 0. The third-order valence-corrected chi connectivity index (χ3v) is 3.99. The Morgan fingerprint density at radius 3 is 2.04 bits per heavy atom. The second-order valence-electron chi connectivity index (χ2n) is 5.11. The monoisotopic (exact) mass is 338 g/mol. The summed E-state index contributed by atoms with van der Waals surface area (Å²) in [5.41, 5.74) is 5.38. The van der Waals surface area contributed by atoms with Gasteiger partial charge in [0.1, 0.15) is 0 Å². The highest BCUT2D eigenvalue weighted by molar-refractivity contribution is 5.85. The van der Waals surface area contributed by atoms with E-state index in [9.17, 15) is 0 Å². The molecule has 1 aliphatic rings. The van der Waals surface area contributed by atoms with E-state index in [1.54, 1.807) is 0 Å². The first-order valence-electron chi connectivity index (χ1n) is 9.81. The van der Waals surface area contributed by atoms with E-state index in [-0.39, 0.29) is 6.04 Å². The Hall–Kier alpha value is -2.06. The van der Waals surface area contributed by atoms with Crippen LogP contribution < -0.4 is 5.32 Å². The van der Waals surface area contributed by atoms with Crippen LogP contribution in [0, 0.1) is 0 Å². The zero-order valence-corrected chi connectivity index (χ0v) is 16.7. The maximum Gasteiger partial charge on any atom is 0.0732 e. The van der Waals surface area contributed by atoms with Gasteiger partial charge in [0.2, 0.25) is 0 Å². The number of para-hydroxylation sites is 1. The van der Waals surface area contributed by atoms with E-state index in [1.165, 1.54) is 27.7 Å². The van der Waals surface area contributed by atoms with Crippen molar-refractivity contribution in [3.05, 3.63) is 71.4 Å². The van der Waals surface area contributed by atoms with Crippen LogP contribution in [0.2, 0.25) is 0 Å². The predicted octanol–water partition coefficient (Wildman–Crippen LogP) is 6.48. The molecule has 136 valence electrons. The first-order chi connectivity index (χ1) is 12.4. The first-order valence-corrected chi connectivity index (χ1v) is 9.81. The van der Waals surface area contributed by atoms with E-state index < -0.39 is 0 Å². The summed E-state index contributed by atoms with van der Waals surface area (Å²) in [4.78, 5) is 3.60. The van der Waals surface area contributed by atoms with Crippen LogP contribution in [0.15, 0.2) is 54.6 Å². The van der Waals surface area contributed by atoms with Gasteiger partial charge in [-0.25, -0.2) is 0 Å². The zero-order chi connectivity index (χ0) is 18.7. The second kappa shape index (κ2) is 11.5. The topological polar surface area (TPSA) is 27.8 Å². The molecule has 0 saturated carbocycles. The van der Waals surface area contributed by atoms with E-state index in [0.717, 1.165) is 13.0 Å². The van der Waals surface area contributed by atoms with Crippen molar-refractivity contribution in [3.63, 3.8) is 0 Å². The maximum atomic E-state index is 3.62. The van der Waals surface area contributed by atoms with Gasteiger partial charge in [-0.3, -0.25) is 0 Å². The molecule has 2 heterocycles. The molecule has 2 aromatic carbocycles. The number of H-pyrrole nitrogens is 1. The van der Waals surface area contributed by atoms with Gasteiger partial charge < -0.3 is 10.3 Å². The Morgan fingerprint density at radius 1 is 0.760 bits per heavy atom. The van der Waals surface area contributed by atoms with Gasteiger partial charge in [0.05, 0.1) is 6.04 Å². The summed E-state index contributed by atoms with van der Waals surface area (Å²) in [6, 6.07) is 19.5. The van der Waals surface area contributed by atoms with Crippen molar-refractivity contribution >= 4 is 10.9 Å². The van der Waals surface area contributed by atoms with Crippen molar-refractivity contribution in [1.29, 1.82) is 0 Å². The van der Waals surface area contributed by atoms with Crippen LogP contribution in [-0.4, -0.2) is 11.5 Å². The third kappa shape index (κ3) is 4.73. The number of hydrogen-bond acceptors (Lipinski definition) is 1. The van der Waals surface area contributed by atoms with Crippen molar-refractivity contribution < 1.29 is 0 Å². The van der Waals surface area contributed by atoms with E-state index in [0.29, 0.717) is 0 Å². The molecule has 2 heteroatoms. The highest BCUT2D eigenvalue weighted by Crippen LogP contribution is 2.33. The molecule has 0 amide bonds. The Kier molecular flexibility index (Phi) is 9.64. The van der Waals surface area contributed by atoms with Crippen molar-refractivity contribution in [2.45, 2.75) is 54.0 Å². The van der Waals surface area contributed by atoms with Crippen molar-refractivity contribution in [1.82, 2.24) is 10.3 Å². The van der Waals surface area contributed by atoms with Gasteiger partial charge in [0.25, 0.3) is 0 Å². The minimum atomic E-state index is 0.289. The summed E-state index contributed by atoms with van der Waals surface area (Å²) in [6.45, 7) is 13.0. The van der Waals surface area contributed by atoms with Gasteiger partial charge in [-0.1, -0.05) is 90.1 Å². The van der Waals surface area contributed by atoms with E-state index in [1.807, 2.05) is 41.5 Å². The molecule has 1 aromatic heterocycles. The zero-order valence-electron chi connectivity index (χ0n) is 16.7. The average molecular weight is 339 g/mol. The molecule has 25 heavy (non-hydrogen) atoms. The molecule has 0 bridgehead atoms. The minimum Gasteiger partial charge on any atom is -0.357 e. The van der Waals surface area contributed by atoms with Gasteiger partial charge in [-0.15, -0.1) is 0 Å². The number of fused-ring (bicyclic) bond motifs is 3. The van der Waals surface area contributed by atoms with Crippen LogP contribution in [0.25, 0.3) is 10.9 Å². The molecule has 0 fully saturated rings. The molecule has 3 aromatic rings. The molecule has 4 rings (SSSR count).